The first-order valence-electron chi connectivity index (χ1n) is 14.6. The zero-order valence-corrected chi connectivity index (χ0v) is 24.2. The molecule has 0 aliphatic rings. The minimum atomic E-state index is -1.84. The highest BCUT2D eigenvalue weighted by molar-refractivity contribution is 5.30. The summed E-state index contributed by atoms with van der Waals surface area (Å²) in [6.07, 6.45) is -2.75. The average Bonchev–Trinajstić information content (AvgIpc) is 2.95. The van der Waals surface area contributed by atoms with E-state index in [4.69, 9.17) is 14.6 Å². The lowest BCUT2D eigenvalue weighted by molar-refractivity contribution is -0.149. The molecule has 0 bridgehead atoms. The van der Waals surface area contributed by atoms with Crippen LogP contribution in [0.15, 0.2) is 48.5 Å². The molecule has 40 heavy (non-hydrogen) atoms. The summed E-state index contributed by atoms with van der Waals surface area (Å²) in [7, 11) is 0. The lowest BCUT2D eigenvalue weighted by atomic mass is 9.80. The Morgan fingerprint density at radius 1 is 0.675 bits per heavy atom. The molecule has 0 amide bonds. The van der Waals surface area contributed by atoms with Crippen molar-refractivity contribution in [1.29, 1.82) is 0 Å². The summed E-state index contributed by atoms with van der Waals surface area (Å²) >= 11 is 0. The summed E-state index contributed by atoms with van der Waals surface area (Å²) in [5, 5.41) is 61.5. The average molecular weight is 563 g/mol. The van der Waals surface area contributed by atoms with Crippen LogP contribution in [0, 0.1) is 11.8 Å². The molecule has 0 spiro atoms. The zero-order valence-electron chi connectivity index (χ0n) is 24.2. The van der Waals surface area contributed by atoms with Gasteiger partial charge < -0.3 is 40.1 Å². The fourth-order valence-corrected chi connectivity index (χ4v) is 4.86. The Morgan fingerprint density at radius 2 is 1.18 bits per heavy atom. The second kappa shape index (κ2) is 18.3. The molecule has 8 nitrogen and oxygen atoms in total. The fraction of sp³-hybridized carbons (Fsp3) is 0.625. The third-order valence-corrected chi connectivity index (χ3v) is 7.23. The molecule has 0 aromatic heterocycles. The number of hydrogen-bond acceptors (Lipinski definition) is 8. The quantitative estimate of drug-likeness (QED) is 0.135. The molecule has 2 aromatic carbocycles. The number of aliphatic hydroxyl groups is 6. The highest BCUT2D eigenvalue weighted by atomic mass is 16.5. The fourth-order valence-electron chi connectivity index (χ4n) is 4.86. The molecule has 8 heteroatoms. The number of benzene rings is 2. The van der Waals surface area contributed by atoms with Gasteiger partial charge in [-0.05, 0) is 79.3 Å². The highest BCUT2D eigenvalue weighted by Gasteiger charge is 2.37. The molecule has 0 radical (unpaired) electrons. The van der Waals surface area contributed by atoms with Crippen LogP contribution in [-0.4, -0.2) is 81.0 Å². The number of aliphatic hydroxyl groups excluding tert-OH is 6. The first-order chi connectivity index (χ1) is 19.2. The van der Waals surface area contributed by atoms with E-state index in [-0.39, 0.29) is 5.92 Å². The highest BCUT2D eigenvalue weighted by Crippen LogP contribution is 2.28. The van der Waals surface area contributed by atoms with Gasteiger partial charge in [0, 0.05) is 0 Å². The van der Waals surface area contributed by atoms with E-state index in [0.29, 0.717) is 26.1 Å². The van der Waals surface area contributed by atoms with Gasteiger partial charge in [0.1, 0.15) is 35.9 Å². The molecule has 2 aromatic rings. The lowest BCUT2D eigenvalue weighted by Crippen LogP contribution is -2.52. The Labute approximate surface area is 239 Å². The molecule has 0 saturated heterocycles. The first-order valence-corrected chi connectivity index (χ1v) is 14.6. The summed E-state index contributed by atoms with van der Waals surface area (Å²) in [5.41, 5.74) is 2.01. The van der Waals surface area contributed by atoms with Gasteiger partial charge in [-0.3, -0.25) is 0 Å². The van der Waals surface area contributed by atoms with Gasteiger partial charge >= 0.3 is 0 Å². The van der Waals surface area contributed by atoms with Gasteiger partial charge in [-0.2, -0.15) is 0 Å². The molecular formula is C32H50O8. The molecular weight excluding hydrogens is 512 g/mol. The SMILES string of the molecule is CCCCOc1cccc(CC(C)CC(Cc2cccc(OCCCC)c2)C(O)[C@@H](O)[C@@H](O)[C@H](O)[C@@H](O)CO)c1. The Hall–Kier alpha value is -2.20. The van der Waals surface area contributed by atoms with Crippen molar-refractivity contribution in [1.82, 2.24) is 0 Å². The zero-order chi connectivity index (χ0) is 29.5. The summed E-state index contributed by atoms with van der Waals surface area (Å²) in [6, 6.07) is 15.6. The topological polar surface area (TPSA) is 140 Å². The van der Waals surface area contributed by atoms with Crippen LogP contribution in [0.5, 0.6) is 11.5 Å². The molecule has 7 atom stereocenters. The van der Waals surface area contributed by atoms with Crippen LogP contribution in [0.4, 0.5) is 0 Å². The number of ether oxygens (including phenoxy) is 2. The molecule has 0 saturated carbocycles. The minimum Gasteiger partial charge on any atom is -0.494 e. The van der Waals surface area contributed by atoms with Gasteiger partial charge in [0.25, 0.3) is 0 Å². The van der Waals surface area contributed by atoms with E-state index in [1.54, 1.807) is 0 Å². The minimum absolute atomic E-state index is 0.104. The molecule has 0 fully saturated rings. The largest absolute Gasteiger partial charge is 0.494 e. The van der Waals surface area contributed by atoms with Crippen LogP contribution in [0.25, 0.3) is 0 Å². The van der Waals surface area contributed by atoms with E-state index in [2.05, 4.69) is 20.8 Å². The lowest BCUT2D eigenvalue weighted by Gasteiger charge is -2.34. The third-order valence-electron chi connectivity index (χ3n) is 7.23. The summed E-state index contributed by atoms with van der Waals surface area (Å²) in [4.78, 5) is 0. The van der Waals surface area contributed by atoms with E-state index in [1.807, 2.05) is 48.5 Å². The molecule has 6 N–H and O–H groups in total. The van der Waals surface area contributed by atoms with Crippen LogP contribution in [0.1, 0.15) is 64.0 Å². The van der Waals surface area contributed by atoms with E-state index >= 15 is 0 Å². The summed E-state index contributed by atoms with van der Waals surface area (Å²) < 4.78 is 11.7. The van der Waals surface area contributed by atoms with Crippen molar-refractivity contribution < 1.29 is 40.1 Å². The number of unbranched alkanes of at least 4 members (excludes halogenated alkanes) is 2. The third kappa shape index (κ3) is 11.4. The van der Waals surface area contributed by atoms with Crippen molar-refractivity contribution in [2.75, 3.05) is 19.8 Å². The number of rotatable bonds is 20. The van der Waals surface area contributed by atoms with Crippen LogP contribution >= 0.6 is 0 Å². The normalized spacial score (nSPS) is 16.9. The Morgan fingerprint density at radius 3 is 1.68 bits per heavy atom. The standard InChI is InChI=1S/C32H50O8/c1-4-6-14-39-26-12-8-10-23(19-26)16-22(3)17-25(29(35)31(37)32(38)30(36)28(34)21-33)18-24-11-9-13-27(20-24)40-15-7-5-2/h8-13,19-20,22,25,28-38H,4-7,14-18,21H2,1-3H3/t22?,25?,28-,29?,30+,31+,32-/m0/s1. The molecule has 226 valence electrons. The Kier molecular flexibility index (Phi) is 15.5. The summed E-state index contributed by atoms with van der Waals surface area (Å²) in [6.45, 7) is 6.78. The van der Waals surface area contributed by atoms with Gasteiger partial charge in [-0.15, -0.1) is 0 Å². The van der Waals surface area contributed by atoms with Crippen molar-refractivity contribution in [3.63, 3.8) is 0 Å². The van der Waals surface area contributed by atoms with Crippen molar-refractivity contribution in [3.8, 4) is 11.5 Å². The molecule has 0 aliphatic heterocycles. The predicted octanol–water partition coefficient (Wildman–Crippen LogP) is 3.27. The second-order valence-corrected chi connectivity index (χ2v) is 10.9. The second-order valence-electron chi connectivity index (χ2n) is 10.9. The molecule has 2 rings (SSSR count). The van der Waals surface area contributed by atoms with Crippen LogP contribution in [0.2, 0.25) is 0 Å². The van der Waals surface area contributed by atoms with Crippen LogP contribution in [-0.2, 0) is 12.8 Å². The number of hydrogen-bond donors (Lipinski definition) is 6. The van der Waals surface area contributed by atoms with Gasteiger partial charge in [-0.25, -0.2) is 0 Å². The monoisotopic (exact) mass is 562 g/mol. The first kappa shape index (κ1) is 34.0. The maximum absolute atomic E-state index is 11.2. The van der Waals surface area contributed by atoms with Gasteiger partial charge in [0.05, 0.1) is 25.9 Å². The van der Waals surface area contributed by atoms with Crippen molar-refractivity contribution in [2.45, 2.75) is 96.2 Å². The van der Waals surface area contributed by atoms with Crippen molar-refractivity contribution in [2.24, 2.45) is 11.8 Å². The van der Waals surface area contributed by atoms with Gasteiger partial charge in [-0.1, -0.05) is 57.9 Å². The maximum Gasteiger partial charge on any atom is 0.119 e. The van der Waals surface area contributed by atoms with Crippen LogP contribution in [0.3, 0.4) is 0 Å². The van der Waals surface area contributed by atoms with E-state index < -0.39 is 43.0 Å². The van der Waals surface area contributed by atoms with Crippen molar-refractivity contribution in [3.05, 3.63) is 59.7 Å². The van der Waals surface area contributed by atoms with Crippen LogP contribution < -0.4 is 9.47 Å². The van der Waals surface area contributed by atoms with Gasteiger partial charge in [0.2, 0.25) is 0 Å². The van der Waals surface area contributed by atoms with E-state index in [1.165, 1.54) is 0 Å². The van der Waals surface area contributed by atoms with Gasteiger partial charge in [0.15, 0.2) is 0 Å². The molecule has 0 heterocycles. The Balaban J connectivity index is 2.19. The predicted molar refractivity (Wildman–Crippen MR) is 155 cm³/mol. The van der Waals surface area contributed by atoms with E-state index in [9.17, 15) is 25.5 Å². The maximum atomic E-state index is 11.2. The molecule has 0 aliphatic carbocycles. The smallest absolute Gasteiger partial charge is 0.119 e. The summed E-state index contributed by atoms with van der Waals surface area (Å²) in [5.74, 6) is 1.18. The van der Waals surface area contributed by atoms with Crippen molar-refractivity contribution >= 4 is 0 Å². The van der Waals surface area contributed by atoms with E-state index in [0.717, 1.165) is 54.7 Å². The molecule has 3 unspecified atom stereocenters. The Bertz CT molecular complexity index is 954.